The lowest BCUT2D eigenvalue weighted by Gasteiger charge is -2.19. The van der Waals surface area contributed by atoms with Gasteiger partial charge in [0.05, 0.1) is 17.4 Å². The number of rotatable bonds is 5. The average Bonchev–Trinajstić information content (AvgIpc) is 2.80. The molecule has 0 fully saturated rings. The molecule has 2 rings (SSSR count). The first kappa shape index (κ1) is 14.0. The molecular formula is C13H20N4OS. The lowest BCUT2D eigenvalue weighted by Crippen LogP contribution is -2.44. The molecule has 1 atom stereocenters. The van der Waals surface area contributed by atoms with E-state index in [4.69, 9.17) is 5.73 Å². The highest BCUT2D eigenvalue weighted by atomic mass is 32.1. The van der Waals surface area contributed by atoms with Crippen molar-refractivity contribution >= 4 is 22.2 Å². The molecule has 2 heterocycles. The number of nitrogens with one attached hydrogen (secondary N) is 1. The molecule has 1 unspecified atom stereocenters. The molecule has 0 radical (unpaired) electrons. The Hall–Kier alpha value is -1.40. The second-order valence-corrected chi connectivity index (χ2v) is 5.98. The molecule has 104 valence electrons. The monoisotopic (exact) mass is 280 g/mol. The molecule has 1 amide bonds. The summed E-state index contributed by atoms with van der Waals surface area (Å²) in [4.78, 5) is 16.9. The van der Waals surface area contributed by atoms with Crippen LogP contribution in [0.3, 0.4) is 0 Å². The van der Waals surface area contributed by atoms with Gasteiger partial charge in [-0.1, -0.05) is 13.8 Å². The van der Waals surface area contributed by atoms with Crippen molar-refractivity contribution in [3.05, 3.63) is 22.5 Å². The van der Waals surface area contributed by atoms with Gasteiger partial charge in [-0.15, -0.1) is 11.3 Å². The number of nitrogens with zero attached hydrogens (tertiary/aromatic N) is 2. The van der Waals surface area contributed by atoms with Gasteiger partial charge in [0.25, 0.3) is 0 Å². The second-order valence-electron chi connectivity index (χ2n) is 5.14. The highest BCUT2D eigenvalue weighted by Crippen LogP contribution is 2.20. The number of amides is 1. The van der Waals surface area contributed by atoms with Crippen LogP contribution in [-0.2, 0) is 11.3 Å². The van der Waals surface area contributed by atoms with Gasteiger partial charge in [0.2, 0.25) is 5.91 Å². The summed E-state index contributed by atoms with van der Waals surface area (Å²) in [6.07, 6.45) is 0. The largest absolute Gasteiger partial charge is 0.368 e. The molecule has 0 aromatic carbocycles. The predicted molar refractivity (Wildman–Crippen MR) is 77.2 cm³/mol. The zero-order valence-corrected chi connectivity index (χ0v) is 12.5. The van der Waals surface area contributed by atoms with Gasteiger partial charge in [-0.25, -0.2) is 4.98 Å². The van der Waals surface area contributed by atoms with Gasteiger partial charge in [0, 0.05) is 17.6 Å². The molecule has 0 aliphatic carbocycles. The summed E-state index contributed by atoms with van der Waals surface area (Å²) in [6, 6.07) is -0.316. The van der Waals surface area contributed by atoms with Gasteiger partial charge >= 0.3 is 0 Å². The van der Waals surface area contributed by atoms with Crippen molar-refractivity contribution in [1.82, 2.24) is 14.7 Å². The van der Waals surface area contributed by atoms with E-state index in [0.717, 1.165) is 22.0 Å². The van der Waals surface area contributed by atoms with E-state index in [2.05, 4.69) is 27.0 Å². The summed E-state index contributed by atoms with van der Waals surface area (Å²) in [5.74, 6) is -0.139. The highest BCUT2D eigenvalue weighted by molar-refractivity contribution is 7.15. The number of hydrogen-bond donors (Lipinski definition) is 2. The Bertz CT molecular complexity index is 599. The molecule has 2 aromatic heterocycles. The van der Waals surface area contributed by atoms with Crippen molar-refractivity contribution in [2.75, 3.05) is 0 Å². The van der Waals surface area contributed by atoms with Crippen LogP contribution in [0.2, 0.25) is 0 Å². The van der Waals surface area contributed by atoms with Crippen molar-refractivity contribution in [3.8, 4) is 0 Å². The fourth-order valence-electron chi connectivity index (χ4n) is 2.25. The molecule has 6 heteroatoms. The number of nitrogens with two attached hydrogens (primary N) is 1. The minimum Gasteiger partial charge on any atom is -0.368 e. The normalized spacial score (nSPS) is 13.3. The van der Waals surface area contributed by atoms with Gasteiger partial charge in [-0.3, -0.25) is 14.5 Å². The number of carbonyl (C=O) groups excluding carboxylic acids is 1. The number of aryl methyl sites for hydroxylation is 2. The Labute approximate surface area is 116 Å². The first-order valence-corrected chi connectivity index (χ1v) is 7.24. The van der Waals surface area contributed by atoms with Crippen LogP contribution in [0.4, 0.5) is 0 Å². The standard InChI is InChI=1S/C13H20N4OS/c1-7(2)11(12(14)18)15-5-10-9(4)16-13-17(10)8(3)6-19-13/h6-7,11,15H,5H2,1-4H3,(H2,14,18). The summed E-state index contributed by atoms with van der Waals surface area (Å²) in [7, 11) is 0. The van der Waals surface area contributed by atoms with Crippen LogP contribution in [0.25, 0.3) is 4.96 Å². The molecule has 0 aliphatic heterocycles. The summed E-state index contributed by atoms with van der Waals surface area (Å²) < 4.78 is 2.13. The second kappa shape index (κ2) is 5.30. The van der Waals surface area contributed by atoms with Crippen molar-refractivity contribution < 1.29 is 4.79 Å². The van der Waals surface area contributed by atoms with E-state index in [1.54, 1.807) is 11.3 Å². The number of aromatic nitrogens is 2. The third-order valence-corrected chi connectivity index (χ3v) is 4.24. The lowest BCUT2D eigenvalue weighted by molar-refractivity contribution is -0.121. The third kappa shape index (κ3) is 2.64. The Balaban J connectivity index is 2.23. The maximum absolute atomic E-state index is 11.4. The molecule has 2 aromatic rings. The quantitative estimate of drug-likeness (QED) is 0.874. The minimum atomic E-state index is -0.316. The summed E-state index contributed by atoms with van der Waals surface area (Å²) >= 11 is 1.63. The number of hydrogen-bond acceptors (Lipinski definition) is 4. The van der Waals surface area contributed by atoms with Gasteiger partial charge in [-0.2, -0.15) is 0 Å². The van der Waals surface area contributed by atoms with E-state index >= 15 is 0 Å². The van der Waals surface area contributed by atoms with E-state index in [-0.39, 0.29) is 17.9 Å². The maximum Gasteiger partial charge on any atom is 0.234 e. The molecule has 5 nitrogen and oxygen atoms in total. The van der Waals surface area contributed by atoms with Gasteiger partial charge in [0.1, 0.15) is 0 Å². The van der Waals surface area contributed by atoms with E-state index in [9.17, 15) is 4.79 Å². The SMILES string of the molecule is Cc1nc2scc(C)n2c1CNC(C(N)=O)C(C)C. The summed E-state index contributed by atoms with van der Waals surface area (Å²) in [6.45, 7) is 8.61. The first-order valence-electron chi connectivity index (χ1n) is 6.36. The smallest absolute Gasteiger partial charge is 0.234 e. The van der Waals surface area contributed by atoms with Crippen LogP contribution >= 0.6 is 11.3 Å². The van der Waals surface area contributed by atoms with E-state index in [1.165, 1.54) is 0 Å². The molecule has 0 saturated heterocycles. The fourth-order valence-corrected chi connectivity index (χ4v) is 3.18. The van der Waals surface area contributed by atoms with Crippen LogP contribution in [0.15, 0.2) is 5.38 Å². The predicted octanol–water partition coefficient (Wildman–Crippen LogP) is 1.61. The Kier molecular flexibility index (Phi) is 3.91. The van der Waals surface area contributed by atoms with Crippen molar-refractivity contribution in [1.29, 1.82) is 0 Å². The van der Waals surface area contributed by atoms with E-state index < -0.39 is 0 Å². The number of imidazole rings is 1. The Morgan fingerprint density at radius 3 is 2.79 bits per heavy atom. The molecule has 0 aliphatic rings. The Morgan fingerprint density at radius 2 is 2.21 bits per heavy atom. The van der Waals surface area contributed by atoms with Crippen LogP contribution in [0, 0.1) is 19.8 Å². The zero-order chi connectivity index (χ0) is 14.2. The number of fused-ring (bicyclic) bond motifs is 1. The number of carbonyl (C=O) groups is 1. The average molecular weight is 280 g/mol. The zero-order valence-electron chi connectivity index (χ0n) is 11.7. The van der Waals surface area contributed by atoms with E-state index in [0.29, 0.717) is 6.54 Å². The lowest BCUT2D eigenvalue weighted by atomic mass is 10.0. The first-order chi connectivity index (χ1) is 8.91. The van der Waals surface area contributed by atoms with Crippen molar-refractivity contribution in [2.24, 2.45) is 11.7 Å². The highest BCUT2D eigenvalue weighted by Gasteiger charge is 2.20. The minimum absolute atomic E-state index is 0.171. The van der Waals surface area contributed by atoms with Crippen molar-refractivity contribution in [2.45, 2.75) is 40.3 Å². The van der Waals surface area contributed by atoms with Crippen LogP contribution in [-0.4, -0.2) is 21.3 Å². The Morgan fingerprint density at radius 1 is 1.53 bits per heavy atom. The van der Waals surface area contributed by atoms with Crippen LogP contribution in [0.1, 0.15) is 30.9 Å². The molecular weight excluding hydrogens is 260 g/mol. The molecule has 3 N–H and O–H groups in total. The molecule has 0 spiro atoms. The van der Waals surface area contributed by atoms with Gasteiger partial charge in [0.15, 0.2) is 4.96 Å². The van der Waals surface area contributed by atoms with Crippen LogP contribution < -0.4 is 11.1 Å². The third-order valence-electron chi connectivity index (χ3n) is 3.29. The number of primary amides is 1. The molecule has 0 bridgehead atoms. The van der Waals surface area contributed by atoms with Crippen LogP contribution in [0.5, 0.6) is 0 Å². The van der Waals surface area contributed by atoms with Crippen molar-refractivity contribution in [3.63, 3.8) is 0 Å². The topological polar surface area (TPSA) is 72.4 Å². The molecule has 0 saturated carbocycles. The maximum atomic E-state index is 11.4. The number of thiazole rings is 1. The fraction of sp³-hybridized carbons (Fsp3) is 0.538. The summed E-state index contributed by atoms with van der Waals surface area (Å²) in [5.41, 5.74) is 8.67. The summed E-state index contributed by atoms with van der Waals surface area (Å²) in [5, 5.41) is 5.32. The van der Waals surface area contributed by atoms with E-state index in [1.807, 2.05) is 20.8 Å². The van der Waals surface area contributed by atoms with Gasteiger partial charge < -0.3 is 5.73 Å². The van der Waals surface area contributed by atoms with Gasteiger partial charge in [-0.05, 0) is 19.8 Å². The molecule has 19 heavy (non-hydrogen) atoms.